The Balaban J connectivity index is 0.000000968. The zero-order valence-electron chi connectivity index (χ0n) is 20.1. The van der Waals surface area contributed by atoms with Crippen LogP contribution in [-0.4, -0.2) is 18.1 Å². The van der Waals surface area contributed by atoms with Crippen molar-refractivity contribution in [3.63, 3.8) is 0 Å². The lowest BCUT2D eigenvalue weighted by Crippen LogP contribution is -2.43. The molecule has 33 heavy (non-hydrogen) atoms. The minimum absolute atomic E-state index is 0.175. The van der Waals surface area contributed by atoms with Gasteiger partial charge in [-0.15, -0.1) is 6.58 Å². The third-order valence-corrected chi connectivity index (χ3v) is 7.02. The topological polar surface area (TPSA) is 103 Å². The van der Waals surface area contributed by atoms with Crippen molar-refractivity contribution in [2.24, 2.45) is 27.6 Å². The maximum Gasteiger partial charge on any atom is 0.220 e. The molecule has 1 aromatic carbocycles. The van der Waals surface area contributed by atoms with Gasteiger partial charge in [-0.25, -0.2) is 14.9 Å². The summed E-state index contributed by atoms with van der Waals surface area (Å²) in [6, 6.07) is 6.39. The van der Waals surface area contributed by atoms with Crippen molar-refractivity contribution in [3.8, 4) is 0 Å². The Morgan fingerprint density at radius 2 is 1.91 bits per heavy atom. The smallest absolute Gasteiger partial charge is 0.220 e. The van der Waals surface area contributed by atoms with Crippen molar-refractivity contribution in [1.29, 1.82) is 0 Å². The van der Waals surface area contributed by atoms with Crippen molar-refractivity contribution < 1.29 is 4.84 Å². The number of rotatable bonds is 3. The highest BCUT2D eigenvalue weighted by atomic mass is 16.7. The molecule has 3 aliphatic rings. The molecule has 0 bridgehead atoms. The minimum atomic E-state index is -0.833. The van der Waals surface area contributed by atoms with E-state index in [1.165, 1.54) is 22.9 Å². The number of aliphatic imine (C=N–C) groups is 1. The summed E-state index contributed by atoms with van der Waals surface area (Å²) >= 11 is 0. The zero-order valence-corrected chi connectivity index (χ0v) is 20.1. The molecule has 1 aromatic rings. The quantitative estimate of drug-likeness (QED) is 0.464. The molecule has 2 aliphatic carbocycles. The second-order valence-corrected chi connectivity index (χ2v) is 8.93. The van der Waals surface area contributed by atoms with Crippen molar-refractivity contribution in [1.82, 2.24) is 5.06 Å². The Bertz CT molecular complexity index is 1050. The number of nitrogens with zero attached hydrogens (tertiary/aromatic N) is 2. The molecule has 176 valence electrons. The standard InChI is InChI=1S/C24H31N5O.C3H6/c1-4-17-8-11-23(10-7-16(17)2)14-19-6-5-18(20(15-26)9-12-25)13-21(19)24(23)28-22(27)29(3)30-24;1-3-2/h4-6,9,12-13,15H,1,7-8,10-11,14,25-26H2,2-3H3,(H2,27,28);3H,1H2,2H3/b12-9-,20-15+;. The summed E-state index contributed by atoms with van der Waals surface area (Å²) in [4.78, 5) is 11.5. The second-order valence-electron chi connectivity index (χ2n) is 8.93. The van der Waals surface area contributed by atoms with E-state index in [9.17, 15) is 0 Å². The van der Waals surface area contributed by atoms with E-state index in [4.69, 9.17) is 27.0 Å². The van der Waals surface area contributed by atoms with Gasteiger partial charge in [0, 0.05) is 24.2 Å². The van der Waals surface area contributed by atoms with Gasteiger partial charge in [0.05, 0.1) is 0 Å². The molecule has 2 atom stereocenters. The summed E-state index contributed by atoms with van der Waals surface area (Å²) < 4.78 is 0. The molecule has 0 saturated carbocycles. The van der Waals surface area contributed by atoms with Crippen LogP contribution in [0.5, 0.6) is 0 Å². The van der Waals surface area contributed by atoms with Gasteiger partial charge in [-0.2, -0.15) is 0 Å². The molecule has 4 rings (SSSR count). The van der Waals surface area contributed by atoms with Crippen LogP contribution in [0.15, 0.2) is 78.1 Å². The Kier molecular flexibility index (Phi) is 7.18. The number of allylic oxidation sites excluding steroid dienone is 6. The molecular formula is C27H37N5O. The van der Waals surface area contributed by atoms with Crippen molar-refractivity contribution in [2.45, 2.75) is 51.7 Å². The molecule has 0 aromatic heterocycles. The van der Waals surface area contributed by atoms with Crippen LogP contribution < -0.4 is 17.2 Å². The molecule has 6 heteroatoms. The highest BCUT2D eigenvalue weighted by Crippen LogP contribution is 2.61. The number of hydrogen-bond donors (Lipinski definition) is 3. The van der Waals surface area contributed by atoms with Crippen molar-refractivity contribution in [3.05, 3.63) is 89.8 Å². The second kappa shape index (κ2) is 9.71. The summed E-state index contributed by atoms with van der Waals surface area (Å²) in [7, 11) is 1.82. The Hall–Kier alpha value is -3.25. The van der Waals surface area contributed by atoms with Crippen LogP contribution in [0.25, 0.3) is 5.57 Å². The first-order valence-corrected chi connectivity index (χ1v) is 11.4. The summed E-state index contributed by atoms with van der Waals surface area (Å²) in [5.74, 6) is 0.405. The third-order valence-electron chi connectivity index (χ3n) is 7.02. The molecule has 2 spiro atoms. The van der Waals surface area contributed by atoms with E-state index in [1.54, 1.807) is 23.4 Å². The highest BCUT2D eigenvalue weighted by molar-refractivity contribution is 5.80. The predicted molar refractivity (Wildman–Crippen MR) is 137 cm³/mol. The van der Waals surface area contributed by atoms with E-state index in [2.05, 4.69) is 38.3 Å². The van der Waals surface area contributed by atoms with Crippen molar-refractivity contribution in [2.75, 3.05) is 7.05 Å². The molecule has 2 unspecified atom stereocenters. The SMILES string of the molecule is C=CC.C=CC1=C(C)CCC2(CC1)Cc1ccc(C(/C=C\N)=C/N)cc1C21N=C(N)N(C)O1. The molecule has 1 aliphatic heterocycles. The van der Waals surface area contributed by atoms with E-state index in [-0.39, 0.29) is 5.41 Å². The zero-order chi connectivity index (χ0) is 24.2. The molecule has 0 amide bonds. The summed E-state index contributed by atoms with van der Waals surface area (Å²) in [5, 5.41) is 1.60. The minimum Gasteiger partial charge on any atom is -0.405 e. The summed E-state index contributed by atoms with van der Waals surface area (Å²) in [6.45, 7) is 11.5. The van der Waals surface area contributed by atoms with Gasteiger partial charge >= 0.3 is 0 Å². The van der Waals surface area contributed by atoms with Crippen LogP contribution in [0.1, 0.15) is 56.2 Å². The lowest BCUT2D eigenvalue weighted by atomic mass is 9.71. The van der Waals surface area contributed by atoms with Gasteiger partial charge in [0.1, 0.15) is 0 Å². The highest BCUT2D eigenvalue weighted by Gasteiger charge is 2.62. The summed E-state index contributed by atoms with van der Waals surface area (Å²) in [5.41, 5.74) is 23.6. The average Bonchev–Trinajstić information content (AvgIpc) is 3.17. The van der Waals surface area contributed by atoms with E-state index < -0.39 is 5.72 Å². The van der Waals surface area contributed by atoms with Crippen LogP contribution in [-0.2, 0) is 17.0 Å². The number of benzene rings is 1. The molecule has 6 nitrogen and oxygen atoms in total. The number of fused-ring (bicyclic) bond motifs is 3. The summed E-state index contributed by atoms with van der Waals surface area (Å²) in [6.07, 6.45) is 13.4. The fourth-order valence-electron chi connectivity index (χ4n) is 5.26. The lowest BCUT2D eigenvalue weighted by molar-refractivity contribution is -0.224. The Morgan fingerprint density at radius 3 is 2.48 bits per heavy atom. The van der Waals surface area contributed by atoms with Gasteiger partial charge in [0.2, 0.25) is 11.7 Å². The van der Waals surface area contributed by atoms with Gasteiger partial charge in [-0.1, -0.05) is 36.4 Å². The maximum absolute atomic E-state index is 6.50. The number of nitrogens with two attached hydrogens (primary N) is 3. The van der Waals surface area contributed by atoms with E-state index >= 15 is 0 Å². The van der Waals surface area contributed by atoms with Gasteiger partial charge < -0.3 is 17.2 Å². The van der Waals surface area contributed by atoms with Crippen LogP contribution in [0.3, 0.4) is 0 Å². The molecular weight excluding hydrogens is 410 g/mol. The van der Waals surface area contributed by atoms with Gasteiger partial charge in [-0.3, -0.25) is 0 Å². The molecule has 0 fully saturated rings. The van der Waals surface area contributed by atoms with E-state index in [0.717, 1.165) is 48.8 Å². The normalized spacial score (nSPS) is 26.8. The first-order chi connectivity index (χ1) is 15.8. The Labute approximate surface area is 197 Å². The monoisotopic (exact) mass is 447 g/mol. The first-order valence-electron chi connectivity index (χ1n) is 11.4. The van der Waals surface area contributed by atoms with Crippen LogP contribution >= 0.6 is 0 Å². The predicted octanol–water partition coefficient (Wildman–Crippen LogP) is 4.61. The largest absolute Gasteiger partial charge is 0.405 e. The third kappa shape index (κ3) is 4.11. The fraction of sp³-hybridized carbons (Fsp3) is 0.370. The Morgan fingerprint density at radius 1 is 1.21 bits per heavy atom. The average molecular weight is 448 g/mol. The van der Waals surface area contributed by atoms with E-state index in [0.29, 0.717) is 5.96 Å². The van der Waals surface area contributed by atoms with Crippen LogP contribution in [0.4, 0.5) is 0 Å². The molecule has 1 heterocycles. The molecule has 0 saturated heterocycles. The molecule has 0 radical (unpaired) electrons. The van der Waals surface area contributed by atoms with Gasteiger partial charge in [0.25, 0.3) is 0 Å². The van der Waals surface area contributed by atoms with Crippen molar-refractivity contribution >= 4 is 11.5 Å². The van der Waals surface area contributed by atoms with Crippen LogP contribution in [0, 0.1) is 5.41 Å². The lowest BCUT2D eigenvalue weighted by Gasteiger charge is -2.40. The fourth-order valence-corrected chi connectivity index (χ4v) is 5.26. The van der Waals surface area contributed by atoms with Gasteiger partial charge in [0.15, 0.2) is 0 Å². The number of guanidine groups is 1. The first kappa shape index (κ1) is 24.4. The van der Waals surface area contributed by atoms with Crippen LogP contribution in [0.2, 0.25) is 0 Å². The van der Waals surface area contributed by atoms with Gasteiger partial charge in [-0.05, 0) is 86.6 Å². The molecule has 6 N–H and O–H groups in total. The maximum atomic E-state index is 6.50. The number of hydroxylamine groups is 2. The van der Waals surface area contributed by atoms with E-state index in [1.807, 2.05) is 20.0 Å². The number of hydrogen-bond acceptors (Lipinski definition) is 6.